The molecule has 0 bridgehead atoms. The van der Waals surface area contributed by atoms with Gasteiger partial charge in [0.05, 0.1) is 11.7 Å². The molecule has 1 spiro atoms. The number of nitrogens with two attached hydrogens (primary N) is 1. The summed E-state index contributed by atoms with van der Waals surface area (Å²) in [5.74, 6) is 0. The maximum Gasteiger partial charge on any atom is 0.0705 e. The average molecular weight is 169 g/mol. The highest BCUT2D eigenvalue weighted by Gasteiger charge is 2.39. The molecule has 2 fully saturated rings. The van der Waals surface area contributed by atoms with Crippen molar-refractivity contribution in [2.45, 2.75) is 56.7 Å². The Kier molecular flexibility index (Phi) is 2.37. The molecule has 1 saturated heterocycles. The first-order valence-corrected chi connectivity index (χ1v) is 5.23. The van der Waals surface area contributed by atoms with Crippen LogP contribution < -0.4 is 5.73 Å². The van der Waals surface area contributed by atoms with Crippen LogP contribution in [0.1, 0.15) is 44.9 Å². The van der Waals surface area contributed by atoms with Gasteiger partial charge in [0, 0.05) is 6.54 Å². The zero-order valence-corrected chi connectivity index (χ0v) is 7.72. The molecule has 70 valence electrons. The van der Waals surface area contributed by atoms with Crippen molar-refractivity contribution >= 4 is 0 Å². The van der Waals surface area contributed by atoms with Crippen LogP contribution in [0, 0.1) is 0 Å². The zero-order chi connectivity index (χ0) is 8.44. The third-order valence-corrected chi connectivity index (χ3v) is 3.37. The molecule has 0 aromatic rings. The monoisotopic (exact) mass is 169 g/mol. The standard InChI is InChI=1S/C10H19NO/c11-8-9-4-7-10(12-9)5-2-1-3-6-10/h9H,1-8,11H2/t9-/m1/s1. The summed E-state index contributed by atoms with van der Waals surface area (Å²) in [7, 11) is 0. The summed E-state index contributed by atoms with van der Waals surface area (Å²) < 4.78 is 6.01. The van der Waals surface area contributed by atoms with Gasteiger partial charge in [0.15, 0.2) is 0 Å². The first kappa shape index (κ1) is 8.52. The van der Waals surface area contributed by atoms with Crippen molar-refractivity contribution in [3.63, 3.8) is 0 Å². The first-order chi connectivity index (χ1) is 5.85. The molecule has 2 heteroatoms. The first-order valence-electron chi connectivity index (χ1n) is 5.23. The second kappa shape index (κ2) is 3.35. The van der Waals surface area contributed by atoms with E-state index in [-0.39, 0.29) is 5.60 Å². The van der Waals surface area contributed by atoms with E-state index in [1.54, 1.807) is 0 Å². The van der Waals surface area contributed by atoms with E-state index in [4.69, 9.17) is 10.5 Å². The third kappa shape index (κ3) is 1.50. The Hall–Kier alpha value is -0.0800. The van der Waals surface area contributed by atoms with E-state index in [9.17, 15) is 0 Å². The Morgan fingerprint density at radius 3 is 2.50 bits per heavy atom. The number of hydrogen-bond acceptors (Lipinski definition) is 2. The van der Waals surface area contributed by atoms with Gasteiger partial charge in [-0.15, -0.1) is 0 Å². The maximum atomic E-state index is 6.01. The predicted molar refractivity (Wildman–Crippen MR) is 49.0 cm³/mol. The number of rotatable bonds is 1. The molecule has 0 radical (unpaired) electrons. The molecule has 2 aliphatic rings. The average Bonchev–Trinajstić information content (AvgIpc) is 2.50. The topological polar surface area (TPSA) is 35.2 Å². The van der Waals surface area contributed by atoms with Crippen LogP contribution in [0.3, 0.4) is 0 Å². The van der Waals surface area contributed by atoms with Crippen molar-refractivity contribution in [1.82, 2.24) is 0 Å². The summed E-state index contributed by atoms with van der Waals surface area (Å²) in [4.78, 5) is 0. The molecule has 0 aromatic carbocycles. The third-order valence-electron chi connectivity index (χ3n) is 3.37. The van der Waals surface area contributed by atoms with Gasteiger partial charge in [0.25, 0.3) is 0 Å². The maximum absolute atomic E-state index is 6.01. The van der Waals surface area contributed by atoms with E-state index >= 15 is 0 Å². The Bertz CT molecular complexity index is 152. The Morgan fingerprint density at radius 2 is 1.92 bits per heavy atom. The smallest absolute Gasteiger partial charge is 0.0705 e. The lowest BCUT2D eigenvalue weighted by atomic mass is 9.83. The minimum absolute atomic E-state index is 0.266. The summed E-state index contributed by atoms with van der Waals surface area (Å²) in [5, 5.41) is 0. The van der Waals surface area contributed by atoms with E-state index in [1.165, 1.54) is 44.9 Å². The normalized spacial score (nSPS) is 34.2. The summed E-state index contributed by atoms with van der Waals surface area (Å²) in [6, 6.07) is 0. The lowest BCUT2D eigenvalue weighted by molar-refractivity contribution is -0.0600. The lowest BCUT2D eigenvalue weighted by Crippen LogP contribution is -2.33. The SMILES string of the molecule is NC[C@H]1CCC2(CCCCC2)O1. The fraction of sp³-hybridized carbons (Fsp3) is 1.00. The van der Waals surface area contributed by atoms with Crippen molar-refractivity contribution in [1.29, 1.82) is 0 Å². The van der Waals surface area contributed by atoms with Gasteiger partial charge in [-0.25, -0.2) is 0 Å². The van der Waals surface area contributed by atoms with Crippen LogP contribution in [-0.4, -0.2) is 18.2 Å². The predicted octanol–water partition coefficient (Wildman–Crippen LogP) is 1.83. The van der Waals surface area contributed by atoms with Crippen LogP contribution in [0.4, 0.5) is 0 Å². The minimum Gasteiger partial charge on any atom is -0.370 e. The summed E-state index contributed by atoms with van der Waals surface area (Å²) in [6.07, 6.45) is 9.49. The molecular weight excluding hydrogens is 150 g/mol. The van der Waals surface area contributed by atoms with Crippen molar-refractivity contribution in [2.75, 3.05) is 6.54 Å². The van der Waals surface area contributed by atoms with Crippen LogP contribution >= 0.6 is 0 Å². The molecule has 0 amide bonds. The van der Waals surface area contributed by atoms with E-state index in [0.717, 1.165) is 0 Å². The lowest BCUT2D eigenvalue weighted by Gasteiger charge is -2.33. The second-order valence-corrected chi connectivity index (χ2v) is 4.26. The van der Waals surface area contributed by atoms with Crippen molar-refractivity contribution in [2.24, 2.45) is 5.73 Å². The summed E-state index contributed by atoms with van der Waals surface area (Å²) in [5.41, 5.74) is 5.86. The van der Waals surface area contributed by atoms with Crippen LogP contribution in [0.25, 0.3) is 0 Å². The van der Waals surface area contributed by atoms with Gasteiger partial charge in [-0.3, -0.25) is 0 Å². The van der Waals surface area contributed by atoms with E-state index < -0.39 is 0 Å². The summed E-state index contributed by atoms with van der Waals surface area (Å²) in [6.45, 7) is 0.710. The Balaban J connectivity index is 1.94. The molecule has 0 aromatic heterocycles. The van der Waals surface area contributed by atoms with Gasteiger partial charge in [-0.1, -0.05) is 19.3 Å². The molecule has 1 saturated carbocycles. The molecule has 1 aliphatic carbocycles. The molecule has 0 unspecified atom stereocenters. The Labute approximate surface area is 74.5 Å². The Morgan fingerprint density at radius 1 is 1.17 bits per heavy atom. The number of hydrogen-bond donors (Lipinski definition) is 1. The molecular formula is C10H19NO. The summed E-state index contributed by atoms with van der Waals surface area (Å²) >= 11 is 0. The molecule has 2 nitrogen and oxygen atoms in total. The van der Waals surface area contributed by atoms with E-state index in [0.29, 0.717) is 12.6 Å². The van der Waals surface area contributed by atoms with Crippen molar-refractivity contribution in [3.8, 4) is 0 Å². The molecule has 12 heavy (non-hydrogen) atoms. The van der Waals surface area contributed by atoms with Crippen molar-refractivity contribution < 1.29 is 4.74 Å². The molecule has 2 N–H and O–H groups in total. The van der Waals surface area contributed by atoms with E-state index in [1.807, 2.05) is 0 Å². The van der Waals surface area contributed by atoms with Gasteiger partial charge in [-0.05, 0) is 25.7 Å². The minimum atomic E-state index is 0.266. The number of ether oxygens (including phenoxy) is 1. The largest absolute Gasteiger partial charge is 0.370 e. The fourth-order valence-corrected chi connectivity index (χ4v) is 2.63. The van der Waals surface area contributed by atoms with Gasteiger partial charge >= 0.3 is 0 Å². The second-order valence-electron chi connectivity index (χ2n) is 4.26. The molecule has 2 rings (SSSR count). The van der Waals surface area contributed by atoms with E-state index in [2.05, 4.69) is 0 Å². The van der Waals surface area contributed by atoms with Crippen LogP contribution in [-0.2, 0) is 4.74 Å². The van der Waals surface area contributed by atoms with Gasteiger partial charge in [-0.2, -0.15) is 0 Å². The zero-order valence-electron chi connectivity index (χ0n) is 7.72. The molecule has 1 aliphatic heterocycles. The fourth-order valence-electron chi connectivity index (χ4n) is 2.63. The van der Waals surface area contributed by atoms with Crippen LogP contribution in [0.5, 0.6) is 0 Å². The molecule has 1 heterocycles. The van der Waals surface area contributed by atoms with Crippen LogP contribution in [0.2, 0.25) is 0 Å². The quantitative estimate of drug-likeness (QED) is 0.650. The highest BCUT2D eigenvalue weighted by molar-refractivity contribution is 4.91. The highest BCUT2D eigenvalue weighted by atomic mass is 16.5. The molecule has 1 atom stereocenters. The van der Waals surface area contributed by atoms with Crippen LogP contribution in [0.15, 0.2) is 0 Å². The highest BCUT2D eigenvalue weighted by Crippen LogP contribution is 2.41. The van der Waals surface area contributed by atoms with Gasteiger partial charge in [0.2, 0.25) is 0 Å². The van der Waals surface area contributed by atoms with Gasteiger partial charge < -0.3 is 10.5 Å². The van der Waals surface area contributed by atoms with Crippen molar-refractivity contribution in [3.05, 3.63) is 0 Å². The van der Waals surface area contributed by atoms with Gasteiger partial charge in [0.1, 0.15) is 0 Å².